The number of imidazole rings is 1. The summed E-state index contributed by atoms with van der Waals surface area (Å²) in [4.78, 5) is 36.6. The number of amides is 2. The number of carbonyl (C=O) groups excluding carboxylic acids is 2. The molecule has 1 rings (SSSR count). The predicted octanol–water partition coefficient (Wildman–Crippen LogP) is -0.903. The second-order valence-corrected chi connectivity index (χ2v) is 3.51. The van der Waals surface area contributed by atoms with E-state index in [1.807, 2.05) is 0 Å². The maximum absolute atomic E-state index is 12.8. The third-order valence-electron chi connectivity index (χ3n) is 2.01. The Bertz CT molecular complexity index is 515. The first kappa shape index (κ1) is 14.5. The van der Waals surface area contributed by atoms with Crippen LogP contribution in [0.3, 0.4) is 0 Å². The Morgan fingerprint density at radius 3 is 2.68 bits per heavy atom. The quantitative estimate of drug-likeness (QED) is 0.455. The van der Waals surface area contributed by atoms with Gasteiger partial charge in [0.1, 0.15) is 11.9 Å². The highest BCUT2D eigenvalue weighted by Gasteiger charge is 2.36. The number of rotatable bonds is 6. The number of aromatic amines is 1. The molecule has 0 atom stereocenters. The van der Waals surface area contributed by atoms with Crippen LogP contribution in [0, 0.1) is 10.1 Å². The van der Waals surface area contributed by atoms with Crippen molar-refractivity contribution in [2.45, 2.75) is 12.3 Å². The molecule has 0 aliphatic rings. The van der Waals surface area contributed by atoms with Crippen LogP contribution >= 0.6 is 0 Å². The van der Waals surface area contributed by atoms with Crippen molar-refractivity contribution in [3.8, 4) is 0 Å². The van der Waals surface area contributed by atoms with Crippen LogP contribution in [-0.2, 0) is 16.0 Å². The number of aromatic nitrogens is 2. The lowest BCUT2D eigenvalue weighted by molar-refractivity contribution is -0.393. The molecule has 0 saturated carbocycles. The molecule has 11 heteroatoms. The number of alkyl halides is 2. The van der Waals surface area contributed by atoms with Crippen LogP contribution in [0.5, 0.6) is 0 Å². The molecule has 0 fully saturated rings. The first-order chi connectivity index (χ1) is 8.72. The standard InChI is InChI=1S/C8H9F2N5O4/c9-8(10,6(11)17)3-13-5(16)1-4-2-12-7(14-4)15(18)19/h2H,1,3H2,(H2,11,17)(H,12,14)(H,13,16). The van der Waals surface area contributed by atoms with Gasteiger partial charge in [-0.2, -0.15) is 8.78 Å². The lowest BCUT2D eigenvalue weighted by Gasteiger charge is -2.12. The van der Waals surface area contributed by atoms with Crippen LogP contribution in [0.1, 0.15) is 5.69 Å². The number of hydrogen-bond acceptors (Lipinski definition) is 5. The highest BCUT2D eigenvalue weighted by molar-refractivity contribution is 5.83. The van der Waals surface area contributed by atoms with Gasteiger partial charge in [0.15, 0.2) is 0 Å². The average molecular weight is 277 g/mol. The molecule has 0 spiro atoms. The van der Waals surface area contributed by atoms with Crippen LogP contribution in [-0.4, -0.2) is 39.2 Å². The SMILES string of the molecule is NC(=O)C(F)(F)CNC(=O)Cc1cnc([N+](=O)[O-])[nH]1. The fraction of sp³-hybridized carbons (Fsp3) is 0.375. The van der Waals surface area contributed by atoms with E-state index in [4.69, 9.17) is 0 Å². The highest BCUT2D eigenvalue weighted by Crippen LogP contribution is 2.10. The van der Waals surface area contributed by atoms with Gasteiger partial charge in [-0.05, 0) is 4.92 Å². The van der Waals surface area contributed by atoms with Gasteiger partial charge in [-0.25, -0.2) is 4.98 Å². The number of nitro groups is 1. The second kappa shape index (κ2) is 5.37. The van der Waals surface area contributed by atoms with Crippen molar-refractivity contribution in [2.75, 3.05) is 6.54 Å². The molecule has 1 heterocycles. The first-order valence-corrected chi connectivity index (χ1v) is 4.85. The van der Waals surface area contributed by atoms with E-state index in [0.29, 0.717) is 0 Å². The molecule has 4 N–H and O–H groups in total. The van der Waals surface area contributed by atoms with Crippen LogP contribution < -0.4 is 11.1 Å². The van der Waals surface area contributed by atoms with Crippen LogP contribution in [0.25, 0.3) is 0 Å². The fourth-order valence-corrected chi connectivity index (χ4v) is 1.06. The van der Waals surface area contributed by atoms with Crippen molar-refractivity contribution in [3.05, 3.63) is 22.0 Å². The smallest absolute Gasteiger partial charge is 0.390 e. The minimum atomic E-state index is -3.85. The van der Waals surface area contributed by atoms with E-state index >= 15 is 0 Å². The molecule has 1 aromatic heterocycles. The minimum absolute atomic E-state index is 0.0755. The summed E-state index contributed by atoms with van der Waals surface area (Å²) in [6.07, 6.45) is 0.611. The lowest BCUT2D eigenvalue weighted by Crippen LogP contribution is -2.46. The van der Waals surface area contributed by atoms with Gasteiger partial charge in [0.05, 0.1) is 13.0 Å². The molecule has 104 valence electrons. The third kappa shape index (κ3) is 3.97. The van der Waals surface area contributed by atoms with Crippen LogP contribution in [0.4, 0.5) is 14.7 Å². The van der Waals surface area contributed by atoms with Crippen LogP contribution in [0.15, 0.2) is 6.20 Å². The minimum Gasteiger partial charge on any atom is -0.390 e. The third-order valence-corrected chi connectivity index (χ3v) is 2.01. The number of nitrogens with zero attached hydrogens (tertiary/aromatic N) is 2. The molecular weight excluding hydrogens is 268 g/mol. The Labute approximate surface area is 104 Å². The maximum Gasteiger partial charge on any atom is 0.432 e. The van der Waals surface area contributed by atoms with Crippen molar-refractivity contribution < 1.29 is 23.3 Å². The fourth-order valence-electron chi connectivity index (χ4n) is 1.06. The number of nitrogens with one attached hydrogen (secondary N) is 2. The van der Waals surface area contributed by atoms with Crippen molar-refractivity contribution >= 4 is 17.8 Å². The normalized spacial score (nSPS) is 11.1. The van der Waals surface area contributed by atoms with Gasteiger partial charge in [-0.1, -0.05) is 4.98 Å². The number of carbonyl (C=O) groups is 2. The molecular formula is C8H9F2N5O4. The summed E-state index contributed by atoms with van der Waals surface area (Å²) in [7, 11) is 0. The number of halogens is 2. The number of nitrogens with two attached hydrogens (primary N) is 1. The summed E-state index contributed by atoms with van der Waals surface area (Å²) < 4.78 is 25.5. The second-order valence-electron chi connectivity index (χ2n) is 3.51. The maximum atomic E-state index is 12.8. The van der Waals surface area contributed by atoms with E-state index in [2.05, 4.69) is 15.7 Å². The molecule has 0 unspecified atom stereocenters. The summed E-state index contributed by atoms with van der Waals surface area (Å²) in [5.74, 6) is -7.13. The van der Waals surface area contributed by atoms with E-state index in [1.165, 1.54) is 0 Å². The Kier molecular flexibility index (Phi) is 4.09. The zero-order chi connectivity index (χ0) is 14.6. The summed E-state index contributed by atoms with van der Waals surface area (Å²) in [5, 5.41) is 12.1. The van der Waals surface area contributed by atoms with Gasteiger partial charge in [-0.15, -0.1) is 0 Å². The average Bonchev–Trinajstić information content (AvgIpc) is 2.75. The Hall–Kier alpha value is -2.59. The zero-order valence-corrected chi connectivity index (χ0v) is 9.35. The topological polar surface area (TPSA) is 144 Å². The highest BCUT2D eigenvalue weighted by atomic mass is 19.3. The van der Waals surface area contributed by atoms with Gasteiger partial charge in [-0.3, -0.25) is 9.59 Å². The molecule has 0 saturated heterocycles. The Morgan fingerprint density at radius 2 is 2.21 bits per heavy atom. The van der Waals surface area contributed by atoms with E-state index in [9.17, 15) is 28.5 Å². The number of hydrogen-bond donors (Lipinski definition) is 3. The van der Waals surface area contributed by atoms with E-state index < -0.39 is 41.6 Å². The van der Waals surface area contributed by atoms with Crippen LogP contribution in [0.2, 0.25) is 0 Å². The molecule has 0 bridgehead atoms. The Morgan fingerprint density at radius 1 is 1.58 bits per heavy atom. The number of H-pyrrole nitrogens is 1. The van der Waals surface area contributed by atoms with Gasteiger partial charge in [0.25, 0.3) is 5.91 Å². The largest absolute Gasteiger partial charge is 0.432 e. The van der Waals surface area contributed by atoms with Gasteiger partial charge >= 0.3 is 11.9 Å². The summed E-state index contributed by atoms with van der Waals surface area (Å²) >= 11 is 0. The van der Waals surface area contributed by atoms with E-state index in [0.717, 1.165) is 6.20 Å². The summed E-state index contributed by atoms with van der Waals surface area (Å²) in [5.41, 5.74) is 4.49. The van der Waals surface area contributed by atoms with Gasteiger partial charge < -0.3 is 21.2 Å². The zero-order valence-electron chi connectivity index (χ0n) is 9.35. The molecule has 0 aliphatic heterocycles. The molecule has 0 aliphatic carbocycles. The van der Waals surface area contributed by atoms with E-state index in [-0.39, 0.29) is 5.69 Å². The Balaban J connectivity index is 2.51. The molecule has 0 radical (unpaired) electrons. The summed E-state index contributed by atoms with van der Waals surface area (Å²) in [6.45, 7) is -1.24. The molecule has 2 amide bonds. The predicted molar refractivity (Wildman–Crippen MR) is 56.1 cm³/mol. The summed E-state index contributed by atoms with van der Waals surface area (Å²) in [6, 6.07) is 0. The lowest BCUT2D eigenvalue weighted by atomic mass is 10.3. The first-order valence-electron chi connectivity index (χ1n) is 4.85. The van der Waals surface area contributed by atoms with E-state index in [1.54, 1.807) is 5.32 Å². The van der Waals surface area contributed by atoms with Gasteiger partial charge in [0, 0.05) is 0 Å². The van der Waals surface area contributed by atoms with Crippen molar-refractivity contribution in [3.63, 3.8) is 0 Å². The van der Waals surface area contributed by atoms with Crippen molar-refractivity contribution in [2.24, 2.45) is 5.73 Å². The molecule has 9 nitrogen and oxygen atoms in total. The molecule has 1 aromatic rings. The molecule has 19 heavy (non-hydrogen) atoms. The van der Waals surface area contributed by atoms with Crippen molar-refractivity contribution in [1.82, 2.24) is 15.3 Å². The molecule has 0 aromatic carbocycles. The monoisotopic (exact) mass is 277 g/mol. The van der Waals surface area contributed by atoms with Crippen molar-refractivity contribution in [1.29, 1.82) is 0 Å². The number of primary amides is 1. The van der Waals surface area contributed by atoms with Gasteiger partial charge in [0.2, 0.25) is 5.91 Å².